The van der Waals surface area contributed by atoms with Gasteiger partial charge in [-0.15, -0.1) is 0 Å². The molecule has 1 radical (unpaired) electrons. The quantitative estimate of drug-likeness (QED) is 0.517. The molecule has 0 rings (SSSR count). The first-order chi connectivity index (χ1) is 4.74. The van der Waals surface area contributed by atoms with Crippen molar-refractivity contribution in [3.63, 3.8) is 0 Å². The Morgan fingerprint density at radius 1 is 1.00 bits per heavy atom. The number of nitrogens with zero attached hydrogens (tertiary/aromatic N) is 1. The molecule has 0 bridgehead atoms. The van der Waals surface area contributed by atoms with Gasteiger partial charge in [-0.3, -0.25) is 0 Å². The third-order valence-electron chi connectivity index (χ3n) is 2.64. The Morgan fingerprint density at radius 2 is 1.40 bits per heavy atom. The molecule has 0 saturated heterocycles. The second-order valence-electron chi connectivity index (χ2n) is 2.87. The summed E-state index contributed by atoms with van der Waals surface area (Å²) in [5, 5.41) is 0. The molecule has 0 amide bonds. The van der Waals surface area contributed by atoms with E-state index in [0.29, 0.717) is 0 Å². The lowest BCUT2D eigenvalue weighted by Gasteiger charge is -2.35. The van der Waals surface area contributed by atoms with Crippen molar-refractivity contribution in [2.45, 2.75) is 27.2 Å². The molecule has 0 heterocycles. The van der Waals surface area contributed by atoms with E-state index in [2.05, 4.69) is 27.7 Å². The average Bonchev–Trinajstić information content (AvgIpc) is 2.01. The van der Waals surface area contributed by atoms with Crippen LogP contribution in [0.5, 0.6) is 0 Å². The minimum absolute atomic E-state index is 1.06. The molecule has 0 aromatic heterocycles. The summed E-state index contributed by atoms with van der Waals surface area (Å²) in [6.45, 7) is 15.7. The maximum Gasteiger partial charge on any atom is 0.0786 e. The Bertz CT molecular complexity index is 66.5. The summed E-state index contributed by atoms with van der Waals surface area (Å²) in [6, 6.07) is 0. The van der Waals surface area contributed by atoms with Gasteiger partial charge in [0.2, 0.25) is 0 Å². The lowest BCUT2D eigenvalue weighted by molar-refractivity contribution is -0.922. The van der Waals surface area contributed by atoms with Crippen molar-refractivity contribution in [1.29, 1.82) is 0 Å². The molecule has 0 aliphatic carbocycles. The molecule has 0 fully saturated rings. The molecule has 0 aliphatic heterocycles. The van der Waals surface area contributed by atoms with E-state index in [1.165, 1.54) is 30.7 Å². The fourth-order valence-corrected chi connectivity index (χ4v) is 1.48. The fourth-order valence-electron chi connectivity index (χ4n) is 1.48. The zero-order valence-corrected chi connectivity index (χ0v) is 7.69. The SMILES string of the molecule is [CH2]CC[N+](CC)(CC)CC. The Hall–Kier alpha value is -0.0400. The van der Waals surface area contributed by atoms with Gasteiger partial charge in [-0.2, -0.15) is 0 Å². The molecule has 0 N–H and O–H groups in total. The van der Waals surface area contributed by atoms with Crippen molar-refractivity contribution in [2.24, 2.45) is 0 Å². The smallest absolute Gasteiger partial charge is 0.0786 e. The normalized spacial score (nSPS) is 12.0. The third-order valence-corrected chi connectivity index (χ3v) is 2.64. The summed E-state index contributed by atoms with van der Waals surface area (Å²) >= 11 is 0. The third kappa shape index (κ3) is 2.30. The lowest BCUT2D eigenvalue weighted by Crippen LogP contribution is -2.47. The topological polar surface area (TPSA) is 0 Å². The highest BCUT2D eigenvalue weighted by molar-refractivity contribution is 4.41. The minimum atomic E-state index is 1.06. The van der Waals surface area contributed by atoms with Crippen LogP contribution in [-0.4, -0.2) is 30.7 Å². The van der Waals surface area contributed by atoms with Crippen LogP contribution in [-0.2, 0) is 0 Å². The maximum atomic E-state index is 3.90. The van der Waals surface area contributed by atoms with Crippen LogP contribution in [0.1, 0.15) is 27.2 Å². The van der Waals surface area contributed by atoms with Crippen molar-refractivity contribution in [3.05, 3.63) is 6.92 Å². The number of hydrogen-bond donors (Lipinski definition) is 0. The van der Waals surface area contributed by atoms with Crippen molar-refractivity contribution in [2.75, 3.05) is 26.2 Å². The number of hydrogen-bond acceptors (Lipinski definition) is 0. The van der Waals surface area contributed by atoms with Crippen LogP contribution < -0.4 is 0 Å². The summed E-state index contributed by atoms with van der Waals surface area (Å²) in [6.07, 6.45) is 1.06. The van der Waals surface area contributed by atoms with Crippen molar-refractivity contribution in [1.82, 2.24) is 0 Å². The van der Waals surface area contributed by atoms with Gasteiger partial charge in [-0.25, -0.2) is 0 Å². The summed E-state index contributed by atoms with van der Waals surface area (Å²) < 4.78 is 1.24. The predicted molar refractivity (Wildman–Crippen MR) is 46.7 cm³/mol. The Kier molecular flexibility index (Phi) is 4.71. The first kappa shape index (κ1) is 9.96. The van der Waals surface area contributed by atoms with E-state index in [4.69, 9.17) is 0 Å². The van der Waals surface area contributed by atoms with E-state index in [-0.39, 0.29) is 0 Å². The van der Waals surface area contributed by atoms with Gasteiger partial charge >= 0.3 is 0 Å². The summed E-state index contributed by atoms with van der Waals surface area (Å²) in [7, 11) is 0. The van der Waals surface area contributed by atoms with Crippen LogP contribution in [0.3, 0.4) is 0 Å². The fraction of sp³-hybridized carbons (Fsp3) is 0.889. The molecule has 61 valence electrons. The highest BCUT2D eigenvalue weighted by Gasteiger charge is 2.18. The number of quaternary nitrogens is 1. The van der Waals surface area contributed by atoms with E-state index >= 15 is 0 Å². The zero-order valence-electron chi connectivity index (χ0n) is 7.69. The Labute approximate surface area is 65.6 Å². The van der Waals surface area contributed by atoms with E-state index in [0.717, 1.165) is 6.42 Å². The van der Waals surface area contributed by atoms with Gasteiger partial charge < -0.3 is 4.48 Å². The minimum Gasteiger partial charge on any atom is -0.324 e. The molecule has 10 heavy (non-hydrogen) atoms. The molecule has 0 atom stereocenters. The van der Waals surface area contributed by atoms with Gasteiger partial charge in [0.1, 0.15) is 0 Å². The predicted octanol–water partition coefficient (Wildman–Crippen LogP) is 2.09. The van der Waals surface area contributed by atoms with Gasteiger partial charge in [-0.1, -0.05) is 0 Å². The second kappa shape index (κ2) is 4.73. The standard InChI is InChI=1S/C9H21N/c1-5-9-10(6-2,7-3)8-4/h1,5-9H2,2-4H3/q+1. The summed E-state index contributed by atoms with van der Waals surface area (Å²) in [5.41, 5.74) is 0. The van der Waals surface area contributed by atoms with Crippen LogP contribution in [0.25, 0.3) is 0 Å². The summed E-state index contributed by atoms with van der Waals surface area (Å²) in [4.78, 5) is 0. The van der Waals surface area contributed by atoms with Crippen LogP contribution in [0, 0.1) is 6.92 Å². The highest BCUT2D eigenvalue weighted by atomic mass is 15.3. The van der Waals surface area contributed by atoms with Gasteiger partial charge in [0.05, 0.1) is 26.2 Å². The highest BCUT2D eigenvalue weighted by Crippen LogP contribution is 2.05. The van der Waals surface area contributed by atoms with Crippen LogP contribution in [0.2, 0.25) is 0 Å². The molecular weight excluding hydrogens is 122 g/mol. The summed E-state index contributed by atoms with van der Waals surface area (Å²) in [5.74, 6) is 0. The monoisotopic (exact) mass is 143 g/mol. The molecule has 1 nitrogen and oxygen atoms in total. The van der Waals surface area contributed by atoms with Crippen LogP contribution in [0.4, 0.5) is 0 Å². The molecule has 0 spiro atoms. The van der Waals surface area contributed by atoms with Crippen LogP contribution >= 0.6 is 0 Å². The Balaban J connectivity index is 3.87. The van der Waals surface area contributed by atoms with Crippen molar-refractivity contribution < 1.29 is 4.48 Å². The lowest BCUT2D eigenvalue weighted by atomic mass is 10.3. The molecule has 0 unspecified atom stereocenters. The Morgan fingerprint density at radius 3 is 1.50 bits per heavy atom. The molecule has 0 saturated carbocycles. The second-order valence-corrected chi connectivity index (χ2v) is 2.87. The van der Waals surface area contributed by atoms with E-state index in [1.807, 2.05) is 0 Å². The van der Waals surface area contributed by atoms with Crippen LogP contribution in [0.15, 0.2) is 0 Å². The molecule has 0 aromatic carbocycles. The van der Waals surface area contributed by atoms with Gasteiger partial charge in [-0.05, 0) is 34.1 Å². The average molecular weight is 143 g/mol. The van der Waals surface area contributed by atoms with E-state index in [1.54, 1.807) is 0 Å². The molecule has 0 aromatic rings. The van der Waals surface area contributed by atoms with E-state index < -0.39 is 0 Å². The van der Waals surface area contributed by atoms with Crippen molar-refractivity contribution in [3.8, 4) is 0 Å². The molecule has 0 aliphatic rings. The van der Waals surface area contributed by atoms with E-state index in [9.17, 15) is 0 Å². The zero-order chi connectivity index (χ0) is 8.04. The molecular formula is C9H21N+. The van der Waals surface area contributed by atoms with Gasteiger partial charge in [0.25, 0.3) is 0 Å². The first-order valence-electron chi connectivity index (χ1n) is 4.39. The number of rotatable bonds is 5. The van der Waals surface area contributed by atoms with Gasteiger partial charge in [0.15, 0.2) is 0 Å². The van der Waals surface area contributed by atoms with Crippen molar-refractivity contribution >= 4 is 0 Å². The first-order valence-corrected chi connectivity index (χ1v) is 4.39. The molecule has 1 heteroatoms. The maximum absolute atomic E-state index is 3.90. The largest absolute Gasteiger partial charge is 0.324 e. The van der Waals surface area contributed by atoms with Gasteiger partial charge in [0, 0.05) is 0 Å².